The normalized spacial score (nSPS) is 9.12. The molecule has 0 unspecified atom stereocenters. The van der Waals surface area contributed by atoms with Crippen molar-refractivity contribution in [2.45, 2.75) is 31.0 Å². The number of primary amides is 3. The highest BCUT2D eigenvalue weighted by atomic mass is 79.9. The molecule has 0 aliphatic heterocycles. The third kappa shape index (κ3) is 11.2. The number of nitrogens with two attached hydrogens (primary N) is 3. The molecule has 0 radical (unpaired) electrons. The summed E-state index contributed by atoms with van der Waals surface area (Å²) in [5.41, 5.74) is 13.3. The summed E-state index contributed by atoms with van der Waals surface area (Å²) in [5.74, 6) is -0.375. The van der Waals surface area contributed by atoms with E-state index in [1.807, 2.05) is 19.2 Å². The van der Waals surface area contributed by atoms with Crippen LogP contribution >= 0.6 is 28.3 Å². The van der Waals surface area contributed by atoms with Gasteiger partial charge in [-0.15, -0.1) is 12.4 Å². The maximum atomic E-state index is 11.3. The maximum absolute atomic E-state index is 11.3. The average Bonchev–Trinajstić information content (AvgIpc) is 2.14. The van der Waals surface area contributed by atoms with Gasteiger partial charge in [-0.05, 0) is 12.8 Å². The van der Waals surface area contributed by atoms with Crippen LogP contribution in [-0.4, -0.2) is 22.3 Å². The maximum Gasteiger partial charge on any atom is 0.318 e. The first-order chi connectivity index (χ1) is 7.19. The van der Waals surface area contributed by atoms with E-state index in [9.17, 15) is 9.59 Å². The van der Waals surface area contributed by atoms with E-state index in [2.05, 4.69) is 27.4 Å². The number of halogens is 2. The van der Waals surface area contributed by atoms with Crippen molar-refractivity contribution in [3.05, 3.63) is 0 Å². The predicted octanol–water partition coefficient (Wildman–Crippen LogP) is 0.581. The minimum atomic E-state index is -0.833. The molecule has 0 heterocycles. The van der Waals surface area contributed by atoms with Gasteiger partial charge in [0.1, 0.15) is 4.32 Å². The van der Waals surface area contributed by atoms with Crippen LogP contribution in [0.2, 0.25) is 0 Å². The predicted molar refractivity (Wildman–Crippen MR) is 71.0 cm³/mol. The second-order valence-electron chi connectivity index (χ2n) is 2.89. The van der Waals surface area contributed by atoms with Gasteiger partial charge in [-0.25, -0.2) is 9.59 Å². The lowest BCUT2D eigenvalue weighted by molar-refractivity contribution is -0.122. The van der Waals surface area contributed by atoms with E-state index >= 15 is 0 Å². The first kappa shape index (κ1) is 21.3. The minimum Gasteiger partial charge on any atom is -0.352 e. The Morgan fingerprint density at radius 2 is 1.41 bits per heavy atom. The molecule has 0 spiro atoms. The van der Waals surface area contributed by atoms with Crippen LogP contribution in [0.3, 0.4) is 0 Å². The number of imide groups is 1. The molecule has 17 heavy (non-hydrogen) atoms. The lowest BCUT2D eigenvalue weighted by Gasteiger charge is -2.21. The Bertz CT molecular complexity index is 267. The first-order valence-corrected chi connectivity index (χ1v) is 5.33. The van der Waals surface area contributed by atoms with Gasteiger partial charge in [-0.2, -0.15) is 0 Å². The summed E-state index contributed by atoms with van der Waals surface area (Å²) in [6, 6.07) is -1.65. The summed E-state index contributed by atoms with van der Waals surface area (Å²) in [5, 5.41) is 2.04. The molecule has 0 saturated heterocycles. The highest BCUT2D eigenvalue weighted by Crippen LogP contribution is 2.26. The number of rotatable bonds is 3. The van der Waals surface area contributed by atoms with E-state index in [1.54, 1.807) is 0 Å². The molecule has 0 atom stereocenters. The van der Waals surface area contributed by atoms with Crippen molar-refractivity contribution in [3.8, 4) is 0 Å². The standard InChI is InChI=1S/C7H13BrN2O2.CH4N2O.ClH/c1-3-7(8,4-2)5(11)10-6(9)12;2-1(3)4;/h3-4H2,1-2H3,(H3,9,10,11,12);(H4,2,3,4);1H. The Kier molecular flexibility index (Phi) is 12.7. The number of hydrogen-bond acceptors (Lipinski definition) is 3. The summed E-state index contributed by atoms with van der Waals surface area (Å²) in [6.07, 6.45) is 1.23. The van der Waals surface area contributed by atoms with E-state index in [4.69, 9.17) is 10.5 Å². The fourth-order valence-electron chi connectivity index (χ4n) is 0.795. The number of nitrogens with one attached hydrogen (secondary N) is 1. The van der Waals surface area contributed by atoms with Crippen LogP contribution in [0.25, 0.3) is 0 Å². The molecule has 0 fully saturated rings. The van der Waals surface area contributed by atoms with Crippen LogP contribution in [0, 0.1) is 0 Å². The smallest absolute Gasteiger partial charge is 0.318 e. The molecule has 9 heteroatoms. The molecule has 0 aliphatic rings. The van der Waals surface area contributed by atoms with Crippen molar-refractivity contribution in [3.63, 3.8) is 0 Å². The Hall–Kier alpha value is -1.02. The van der Waals surface area contributed by atoms with Gasteiger partial charge in [-0.3, -0.25) is 10.1 Å². The van der Waals surface area contributed by atoms with Gasteiger partial charge in [-0.1, -0.05) is 29.8 Å². The molecule has 7 N–H and O–H groups in total. The van der Waals surface area contributed by atoms with Crippen LogP contribution in [0.1, 0.15) is 26.7 Å². The summed E-state index contributed by atoms with van der Waals surface area (Å²) < 4.78 is -0.665. The zero-order valence-electron chi connectivity index (χ0n) is 9.66. The first-order valence-electron chi connectivity index (χ1n) is 4.54. The van der Waals surface area contributed by atoms with E-state index in [1.165, 1.54) is 0 Å². The molecule has 0 aromatic heterocycles. The van der Waals surface area contributed by atoms with Crippen LogP contribution in [0.15, 0.2) is 0 Å². The van der Waals surface area contributed by atoms with E-state index in [0.717, 1.165) is 0 Å². The van der Waals surface area contributed by atoms with Crippen LogP contribution in [-0.2, 0) is 4.79 Å². The van der Waals surface area contributed by atoms with Gasteiger partial charge in [0.2, 0.25) is 5.91 Å². The number of alkyl halides is 1. The SMILES string of the molecule is CCC(Br)(CC)C(=O)NC(N)=O.Cl.NC(N)=O. The Morgan fingerprint density at radius 3 is 1.59 bits per heavy atom. The molecule has 0 saturated carbocycles. The van der Waals surface area contributed by atoms with Gasteiger partial charge in [0, 0.05) is 0 Å². The fourth-order valence-corrected chi connectivity index (χ4v) is 0.894. The molecular formula is C8H18BrClN4O3. The van der Waals surface area contributed by atoms with Gasteiger partial charge in [0.05, 0.1) is 0 Å². The Morgan fingerprint density at radius 1 is 1.12 bits per heavy atom. The highest BCUT2D eigenvalue weighted by Gasteiger charge is 2.32. The number of carbonyl (C=O) groups excluding carboxylic acids is 3. The van der Waals surface area contributed by atoms with Gasteiger partial charge < -0.3 is 17.2 Å². The van der Waals surface area contributed by atoms with E-state index in [0.29, 0.717) is 12.8 Å². The molecule has 0 rings (SSSR count). The number of urea groups is 2. The lowest BCUT2D eigenvalue weighted by atomic mass is 10.0. The van der Waals surface area contributed by atoms with E-state index < -0.39 is 16.4 Å². The van der Waals surface area contributed by atoms with Crippen molar-refractivity contribution in [2.24, 2.45) is 17.2 Å². The van der Waals surface area contributed by atoms with Crippen molar-refractivity contribution >= 4 is 46.3 Å². The summed E-state index contributed by atoms with van der Waals surface area (Å²) >= 11 is 3.26. The van der Waals surface area contributed by atoms with Crippen LogP contribution in [0.4, 0.5) is 9.59 Å². The minimum absolute atomic E-state index is 0. The molecule has 7 nitrogen and oxygen atoms in total. The van der Waals surface area contributed by atoms with Crippen molar-refractivity contribution < 1.29 is 14.4 Å². The highest BCUT2D eigenvalue weighted by molar-refractivity contribution is 9.10. The van der Waals surface area contributed by atoms with E-state index in [-0.39, 0.29) is 18.3 Å². The van der Waals surface area contributed by atoms with Crippen LogP contribution < -0.4 is 22.5 Å². The second kappa shape index (κ2) is 10.2. The number of carbonyl (C=O) groups is 3. The van der Waals surface area contributed by atoms with Gasteiger partial charge >= 0.3 is 12.1 Å². The number of amides is 5. The molecule has 102 valence electrons. The molecule has 0 aromatic rings. The zero-order valence-corrected chi connectivity index (χ0v) is 12.1. The van der Waals surface area contributed by atoms with Gasteiger partial charge in [0.25, 0.3) is 0 Å². The monoisotopic (exact) mass is 332 g/mol. The van der Waals surface area contributed by atoms with Crippen molar-refractivity contribution in [1.29, 1.82) is 0 Å². The third-order valence-corrected chi connectivity index (χ3v) is 3.25. The molecular weight excluding hydrogens is 315 g/mol. The Labute approximate surface area is 114 Å². The molecule has 0 aliphatic carbocycles. The average molecular weight is 334 g/mol. The summed E-state index contributed by atoms with van der Waals surface area (Å²) in [4.78, 5) is 30.6. The molecule has 5 amide bonds. The third-order valence-electron chi connectivity index (χ3n) is 1.76. The van der Waals surface area contributed by atoms with Gasteiger partial charge in [0.15, 0.2) is 0 Å². The summed E-state index contributed by atoms with van der Waals surface area (Å²) in [7, 11) is 0. The largest absolute Gasteiger partial charge is 0.352 e. The molecule has 0 bridgehead atoms. The van der Waals surface area contributed by atoms with Crippen molar-refractivity contribution in [2.75, 3.05) is 0 Å². The Balaban J connectivity index is -0.000000340. The quantitative estimate of drug-likeness (QED) is 0.561. The zero-order chi connectivity index (χ0) is 13.4. The lowest BCUT2D eigenvalue weighted by Crippen LogP contribution is -2.46. The fraction of sp³-hybridized carbons (Fsp3) is 0.625. The van der Waals surface area contributed by atoms with Crippen molar-refractivity contribution in [1.82, 2.24) is 5.32 Å². The summed E-state index contributed by atoms with van der Waals surface area (Å²) in [6.45, 7) is 3.72. The molecule has 0 aromatic carbocycles. The second-order valence-corrected chi connectivity index (χ2v) is 4.41. The topological polar surface area (TPSA) is 141 Å². The number of hydrogen-bond donors (Lipinski definition) is 4. The van der Waals surface area contributed by atoms with Crippen LogP contribution in [0.5, 0.6) is 0 Å².